The third-order valence-electron chi connectivity index (χ3n) is 7.32. The highest BCUT2D eigenvalue weighted by Crippen LogP contribution is 2.29. The predicted molar refractivity (Wildman–Crippen MR) is 146 cm³/mol. The van der Waals surface area contributed by atoms with E-state index in [1.165, 1.54) is 0 Å². The van der Waals surface area contributed by atoms with Crippen LogP contribution in [0, 0.1) is 6.92 Å². The Morgan fingerprint density at radius 3 is 2.69 bits per heavy atom. The van der Waals surface area contributed by atoms with Crippen molar-refractivity contribution >= 4 is 29.2 Å². The number of aromatic nitrogens is 4. The number of hydrogen-bond acceptors (Lipinski definition) is 6. The van der Waals surface area contributed by atoms with E-state index in [9.17, 15) is 9.59 Å². The number of hydrogen-bond donors (Lipinski definition) is 2. The first-order valence-corrected chi connectivity index (χ1v) is 13.4. The van der Waals surface area contributed by atoms with Crippen LogP contribution in [0.1, 0.15) is 30.1 Å². The third kappa shape index (κ3) is 5.37. The number of H-pyrrole nitrogens is 1. The number of aromatic amines is 1. The maximum absolute atomic E-state index is 13.0. The number of fused-ring (bicyclic) bond motifs is 1. The molecule has 4 aromatic rings. The van der Waals surface area contributed by atoms with Crippen LogP contribution in [-0.2, 0) is 17.6 Å². The minimum atomic E-state index is -0.0743. The van der Waals surface area contributed by atoms with Crippen LogP contribution in [0.3, 0.4) is 0 Å². The maximum Gasteiger partial charge on any atom is 0.322 e. The number of amides is 3. The number of benzene rings is 2. The number of halogens is 1. The molecule has 2 aliphatic heterocycles. The summed E-state index contributed by atoms with van der Waals surface area (Å²) in [4.78, 5) is 37.1. The zero-order valence-corrected chi connectivity index (χ0v) is 22.2. The largest absolute Gasteiger partial charge is 0.420 e. The molecule has 6 rings (SSSR count). The lowest BCUT2D eigenvalue weighted by Gasteiger charge is -2.37. The van der Waals surface area contributed by atoms with Crippen molar-refractivity contribution in [2.24, 2.45) is 0 Å². The second kappa shape index (κ2) is 10.5. The van der Waals surface area contributed by atoms with Crippen LogP contribution < -0.4 is 5.32 Å². The first-order valence-electron chi connectivity index (χ1n) is 13.0. The van der Waals surface area contributed by atoms with Gasteiger partial charge in [0.2, 0.25) is 17.7 Å². The standard InChI is InChI=1S/C28H28ClN7O3/c1-17-30-16-24(31-17)19-12-20(14-21(29)13-19)27-34-33-25(39-27)15-26(37)35-9-7-22(8-10-35)36-11-6-18-4-2-3-5-23(18)32-28(36)38/h2-5,12-14,16,22H,6-11,15H2,1H3,(H,30,31)(H,32,38). The highest BCUT2D eigenvalue weighted by Gasteiger charge is 2.31. The van der Waals surface area contributed by atoms with Crippen molar-refractivity contribution in [2.45, 2.75) is 38.6 Å². The van der Waals surface area contributed by atoms with Gasteiger partial charge in [-0.25, -0.2) is 9.78 Å². The first kappa shape index (κ1) is 25.1. The Hall–Kier alpha value is -4.18. The van der Waals surface area contributed by atoms with Crippen molar-refractivity contribution in [3.63, 3.8) is 0 Å². The summed E-state index contributed by atoms with van der Waals surface area (Å²) in [6.45, 7) is 3.69. The normalized spacial score (nSPS) is 16.1. The van der Waals surface area contributed by atoms with Crippen LogP contribution >= 0.6 is 11.6 Å². The predicted octanol–water partition coefficient (Wildman–Crippen LogP) is 4.71. The fourth-order valence-corrected chi connectivity index (χ4v) is 5.51. The van der Waals surface area contributed by atoms with Crippen LogP contribution in [-0.4, -0.2) is 67.6 Å². The number of piperidine rings is 1. The molecule has 0 bridgehead atoms. The van der Waals surface area contributed by atoms with Gasteiger partial charge < -0.3 is 24.5 Å². The van der Waals surface area contributed by atoms with Gasteiger partial charge in [-0.15, -0.1) is 10.2 Å². The van der Waals surface area contributed by atoms with E-state index in [1.807, 2.05) is 53.3 Å². The highest BCUT2D eigenvalue weighted by atomic mass is 35.5. The van der Waals surface area contributed by atoms with Gasteiger partial charge >= 0.3 is 6.03 Å². The molecule has 2 aromatic heterocycles. The summed E-state index contributed by atoms with van der Waals surface area (Å²) in [6, 6.07) is 13.4. The molecule has 2 N–H and O–H groups in total. The van der Waals surface area contributed by atoms with E-state index in [-0.39, 0.29) is 30.3 Å². The molecule has 39 heavy (non-hydrogen) atoms. The van der Waals surface area contributed by atoms with Crippen molar-refractivity contribution in [1.82, 2.24) is 30.0 Å². The molecule has 4 heterocycles. The van der Waals surface area contributed by atoms with E-state index in [2.05, 4.69) is 31.5 Å². The Labute approximate surface area is 230 Å². The molecule has 0 aliphatic carbocycles. The van der Waals surface area contributed by atoms with Gasteiger partial charge in [-0.2, -0.15) is 0 Å². The van der Waals surface area contributed by atoms with Gasteiger partial charge in [-0.1, -0.05) is 29.8 Å². The van der Waals surface area contributed by atoms with Crippen LogP contribution in [0.15, 0.2) is 53.1 Å². The summed E-state index contributed by atoms with van der Waals surface area (Å²) in [7, 11) is 0. The molecule has 1 saturated heterocycles. The SMILES string of the molecule is Cc1nc(-c2cc(Cl)cc(-c3nnc(CC(=O)N4CCC(N5CCc6ccccc6NC5=O)CC4)o3)c2)c[nH]1. The van der Waals surface area contributed by atoms with Crippen molar-refractivity contribution in [2.75, 3.05) is 25.0 Å². The molecule has 1 fully saturated rings. The van der Waals surface area contributed by atoms with Gasteiger partial charge in [-0.05, 0) is 56.0 Å². The van der Waals surface area contributed by atoms with Gasteiger partial charge in [0, 0.05) is 53.7 Å². The van der Waals surface area contributed by atoms with Gasteiger partial charge in [0.25, 0.3) is 0 Å². The van der Waals surface area contributed by atoms with E-state index in [1.54, 1.807) is 6.07 Å². The molecule has 2 aliphatic rings. The number of anilines is 1. The number of imidazole rings is 1. The zero-order chi connectivity index (χ0) is 26.9. The fourth-order valence-electron chi connectivity index (χ4n) is 5.27. The van der Waals surface area contributed by atoms with E-state index in [0.717, 1.165) is 47.6 Å². The van der Waals surface area contributed by atoms with Gasteiger partial charge in [-0.3, -0.25) is 4.79 Å². The fraction of sp³-hybridized carbons (Fsp3) is 0.321. The molecular weight excluding hydrogens is 518 g/mol. The summed E-state index contributed by atoms with van der Waals surface area (Å²) in [5.74, 6) is 1.27. The minimum absolute atomic E-state index is 0.0170. The quantitative estimate of drug-likeness (QED) is 0.374. The average Bonchev–Trinajstić information content (AvgIpc) is 3.55. The van der Waals surface area contributed by atoms with E-state index >= 15 is 0 Å². The maximum atomic E-state index is 13.0. The number of nitrogens with one attached hydrogen (secondary N) is 2. The monoisotopic (exact) mass is 545 g/mol. The van der Waals surface area contributed by atoms with Crippen LogP contribution in [0.5, 0.6) is 0 Å². The average molecular weight is 546 g/mol. The number of urea groups is 1. The first-order chi connectivity index (χ1) is 18.9. The molecule has 2 aromatic carbocycles. The molecule has 0 saturated carbocycles. The topological polar surface area (TPSA) is 120 Å². The molecule has 0 radical (unpaired) electrons. The van der Waals surface area contributed by atoms with Crippen molar-refractivity contribution < 1.29 is 14.0 Å². The number of nitrogens with zero attached hydrogens (tertiary/aromatic N) is 5. The molecule has 200 valence electrons. The summed E-state index contributed by atoms with van der Waals surface area (Å²) < 4.78 is 5.84. The van der Waals surface area contributed by atoms with Gasteiger partial charge in [0.1, 0.15) is 12.2 Å². The number of carbonyl (C=O) groups excluding carboxylic acids is 2. The lowest BCUT2D eigenvalue weighted by molar-refractivity contribution is -0.132. The van der Waals surface area contributed by atoms with Crippen molar-refractivity contribution in [1.29, 1.82) is 0 Å². The molecule has 0 spiro atoms. The summed E-state index contributed by atoms with van der Waals surface area (Å²) in [5.41, 5.74) is 4.26. The molecule has 3 amide bonds. The van der Waals surface area contributed by atoms with Crippen molar-refractivity contribution in [3.8, 4) is 22.7 Å². The number of para-hydroxylation sites is 1. The summed E-state index contributed by atoms with van der Waals surface area (Å²) in [5, 5.41) is 11.8. The molecule has 11 heteroatoms. The van der Waals surface area contributed by atoms with E-state index in [0.29, 0.717) is 36.1 Å². The van der Waals surface area contributed by atoms with Crippen LogP contribution in [0.25, 0.3) is 22.7 Å². The van der Waals surface area contributed by atoms with E-state index < -0.39 is 0 Å². The molecule has 0 atom stereocenters. The number of rotatable bonds is 5. The molecule has 0 unspecified atom stereocenters. The Balaban J connectivity index is 1.07. The Bertz CT molecular complexity index is 1520. The lowest BCUT2D eigenvalue weighted by Crippen LogP contribution is -2.50. The van der Waals surface area contributed by atoms with Crippen LogP contribution in [0.2, 0.25) is 5.02 Å². The lowest BCUT2D eigenvalue weighted by atomic mass is 10.0. The number of aryl methyl sites for hydroxylation is 1. The number of carbonyl (C=O) groups is 2. The highest BCUT2D eigenvalue weighted by molar-refractivity contribution is 6.31. The molecular formula is C28H28ClN7O3. The Morgan fingerprint density at radius 2 is 1.90 bits per heavy atom. The Morgan fingerprint density at radius 1 is 1.10 bits per heavy atom. The summed E-state index contributed by atoms with van der Waals surface area (Å²) >= 11 is 6.34. The number of likely N-dealkylation sites (tertiary alicyclic amines) is 1. The Kier molecular flexibility index (Phi) is 6.78. The van der Waals surface area contributed by atoms with Gasteiger partial charge in [0.15, 0.2) is 0 Å². The van der Waals surface area contributed by atoms with Gasteiger partial charge in [0.05, 0.1) is 5.69 Å². The van der Waals surface area contributed by atoms with E-state index in [4.69, 9.17) is 16.0 Å². The third-order valence-corrected chi connectivity index (χ3v) is 7.53. The molecule has 10 nitrogen and oxygen atoms in total. The minimum Gasteiger partial charge on any atom is -0.420 e. The zero-order valence-electron chi connectivity index (χ0n) is 21.5. The summed E-state index contributed by atoms with van der Waals surface area (Å²) in [6.07, 6.45) is 4.08. The second-order valence-electron chi connectivity index (χ2n) is 9.92. The second-order valence-corrected chi connectivity index (χ2v) is 10.4. The van der Waals surface area contributed by atoms with Crippen molar-refractivity contribution in [3.05, 3.63) is 71.0 Å². The smallest absolute Gasteiger partial charge is 0.322 e. The van der Waals surface area contributed by atoms with Crippen LogP contribution in [0.4, 0.5) is 10.5 Å².